The molecular formula is C36H42N2O9. The molecule has 1 heterocycles. The van der Waals surface area contributed by atoms with Gasteiger partial charge in [-0.15, -0.1) is 0 Å². The van der Waals surface area contributed by atoms with Crippen molar-refractivity contribution in [1.29, 1.82) is 0 Å². The van der Waals surface area contributed by atoms with E-state index in [1.165, 1.54) is 0 Å². The van der Waals surface area contributed by atoms with Gasteiger partial charge in [0.1, 0.15) is 17.4 Å². The monoisotopic (exact) mass is 646 g/mol. The molecule has 11 nitrogen and oxygen atoms in total. The molecule has 7 atom stereocenters. The van der Waals surface area contributed by atoms with Crippen LogP contribution in [-0.2, 0) is 39.9 Å². The molecule has 1 amide bonds. The van der Waals surface area contributed by atoms with Gasteiger partial charge in [0.25, 0.3) is 0 Å². The highest BCUT2D eigenvalue weighted by Gasteiger charge is 2.68. The number of H-pyrrole nitrogens is 1. The summed E-state index contributed by atoms with van der Waals surface area (Å²) in [6, 6.07) is 6.20. The predicted octanol–water partition coefficient (Wildman–Crippen LogP) is 3.61. The van der Waals surface area contributed by atoms with E-state index in [1.54, 1.807) is 19.2 Å². The molecule has 3 fully saturated rings. The fourth-order valence-electron chi connectivity index (χ4n) is 9.39. The number of carbonyl (C=O) groups is 6. The van der Waals surface area contributed by atoms with E-state index in [0.29, 0.717) is 19.3 Å². The van der Waals surface area contributed by atoms with E-state index in [0.717, 1.165) is 34.9 Å². The molecular weight excluding hydrogens is 604 g/mol. The Balaban J connectivity index is 1.03. The zero-order valence-electron chi connectivity index (χ0n) is 26.8. The number of ketones is 3. The molecule has 47 heavy (non-hydrogen) atoms. The lowest BCUT2D eigenvalue weighted by atomic mass is 9.46. The maximum absolute atomic E-state index is 13.8. The van der Waals surface area contributed by atoms with Crippen molar-refractivity contribution in [2.45, 2.75) is 89.7 Å². The van der Waals surface area contributed by atoms with Crippen molar-refractivity contribution >= 4 is 46.1 Å². The zero-order chi connectivity index (χ0) is 33.7. The van der Waals surface area contributed by atoms with Gasteiger partial charge in [0, 0.05) is 54.1 Å². The van der Waals surface area contributed by atoms with E-state index in [1.807, 2.05) is 24.3 Å². The lowest BCUT2D eigenvalue weighted by Crippen LogP contribution is -2.61. The van der Waals surface area contributed by atoms with E-state index >= 15 is 0 Å². The Morgan fingerprint density at radius 1 is 1.06 bits per heavy atom. The number of nitrogens with one attached hydrogen (secondary N) is 2. The molecule has 2 aromatic rings. The van der Waals surface area contributed by atoms with Crippen LogP contribution in [0, 0.1) is 28.6 Å². The number of aliphatic hydroxyl groups is 1. The van der Waals surface area contributed by atoms with Crippen molar-refractivity contribution in [2.24, 2.45) is 28.6 Å². The first-order chi connectivity index (χ1) is 22.3. The number of allylic oxidation sites excluding steroid dienone is 1. The third kappa shape index (κ3) is 5.62. The summed E-state index contributed by atoms with van der Waals surface area (Å²) in [5.41, 5.74) is -0.613. The number of aromatic nitrogens is 1. The van der Waals surface area contributed by atoms with Crippen LogP contribution in [0.25, 0.3) is 10.9 Å². The van der Waals surface area contributed by atoms with E-state index in [9.17, 15) is 39.0 Å². The number of aromatic amines is 1. The smallest absolute Gasteiger partial charge is 0.326 e. The summed E-state index contributed by atoms with van der Waals surface area (Å²) in [6.45, 7) is 3.20. The van der Waals surface area contributed by atoms with Crippen LogP contribution in [0.1, 0.15) is 77.2 Å². The molecule has 3 saturated carbocycles. The molecule has 1 aromatic carbocycles. The fraction of sp³-hybridized carbons (Fsp3) is 0.556. The average molecular weight is 647 g/mol. The van der Waals surface area contributed by atoms with Crippen LogP contribution in [0.4, 0.5) is 0 Å². The molecule has 0 bridgehead atoms. The Labute approximate surface area is 272 Å². The van der Waals surface area contributed by atoms with Crippen LogP contribution < -0.4 is 5.32 Å². The van der Waals surface area contributed by atoms with Gasteiger partial charge in [-0.1, -0.05) is 37.6 Å². The molecule has 6 rings (SSSR count). The summed E-state index contributed by atoms with van der Waals surface area (Å²) < 4.78 is 5.20. The van der Waals surface area contributed by atoms with Crippen molar-refractivity contribution in [3.05, 3.63) is 47.7 Å². The van der Waals surface area contributed by atoms with E-state index < -0.39 is 47.3 Å². The highest BCUT2D eigenvalue weighted by atomic mass is 16.5. The normalized spacial score (nSPS) is 32.1. The first kappa shape index (κ1) is 32.8. The number of hydrogen-bond donors (Lipinski definition) is 4. The molecule has 0 spiro atoms. The Morgan fingerprint density at radius 2 is 1.83 bits per heavy atom. The van der Waals surface area contributed by atoms with Gasteiger partial charge < -0.3 is 25.3 Å². The van der Waals surface area contributed by atoms with Gasteiger partial charge in [-0.3, -0.25) is 24.0 Å². The number of rotatable bonds is 10. The predicted molar refractivity (Wildman–Crippen MR) is 169 cm³/mol. The van der Waals surface area contributed by atoms with Crippen molar-refractivity contribution in [2.75, 3.05) is 6.61 Å². The van der Waals surface area contributed by atoms with Gasteiger partial charge in [0.2, 0.25) is 11.7 Å². The SMILES string of the molecule is CC12CCC(=O)C=C1CCC1C2C(=O)CC2(C)C1CCC2(O)C(=O)COC(=O)CCC(=O)NC(Cc1c[nH]c2ccccc12)C(=O)O. The summed E-state index contributed by atoms with van der Waals surface area (Å²) in [4.78, 5) is 79.5. The number of carboxylic acids is 1. The van der Waals surface area contributed by atoms with Crippen molar-refractivity contribution in [3.8, 4) is 0 Å². The Kier molecular flexibility index (Phi) is 8.48. The molecule has 4 N–H and O–H groups in total. The Morgan fingerprint density at radius 3 is 2.60 bits per heavy atom. The number of amides is 1. The van der Waals surface area contributed by atoms with Gasteiger partial charge >= 0.3 is 11.9 Å². The minimum atomic E-state index is -1.84. The average Bonchev–Trinajstić information content (AvgIpc) is 3.56. The standard InChI is InChI=1S/C36H42N2O9/c1-34-13-11-22(39)16-21(34)7-8-24-25-12-14-36(46,35(25,2)17-28(40)32(24)34)29(41)19-47-31(43)10-9-30(42)38-27(33(44)45)15-20-18-37-26-6-4-3-5-23(20)26/h3-6,16,18,24-25,27,32,37,46H,7-15,17,19H2,1-2H3,(H,38,42)(H,44,45). The molecule has 11 heteroatoms. The van der Waals surface area contributed by atoms with Crippen LogP contribution in [0.5, 0.6) is 0 Å². The molecule has 0 saturated heterocycles. The first-order valence-corrected chi connectivity index (χ1v) is 16.5. The number of para-hydroxylation sites is 1. The first-order valence-electron chi connectivity index (χ1n) is 16.5. The van der Waals surface area contributed by atoms with Crippen molar-refractivity contribution in [3.63, 3.8) is 0 Å². The number of hydrogen-bond acceptors (Lipinski definition) is 8. The summed E-state index contributed by atoms with van der Waals surface area (Å²) in [6.07, 6.45) is 6.00. The molecule has 0 radical (unpaired) electrons. The molecule has 0 aliphatic heterocycles. The Hall–Kier alpha value is -4.12. The van der Waals surface area contributed by atoms with Gasteiger partial charge in [0.15, 0.2) is 12.4 Å². The summed E-state index contributed by atoms with van der Waals surface area (Å²) in [5.74, 6) is -3.57. The molecule has 4 aliphatic carbocycles. The number of ether oxygens (including phenoxy) is 1. The minimum Gasteiger partial charge on any atom is -0.480 e. The molecule has 1 aromatic heterocycles. The fourth-order valence-corrected chi connectivity index (χ4v) is 9.39. The lowest BCUT2D eigenvalue weighted by Gasteiger charge is -2.57. The second-order valence-corrected chi connectivity index (χ2v) is 14.4. The number of carbonyl (C=O) groups excluding carboxylic acids is 5. The minimum absolute atomic E-state index is 0.00918. The number of esters is 1. The van der Waals surface area contributed by atoms with E-state index in [-0.39, 0.29) is 66.8 Å². The quantitative estimate of drug-likeness (QED) is 0.281. The second kappa shape index (κ2) is 12.2. The van der Waals surface area contributed by atoms with Gasteiger partial charge in [0.05, 0.1) is 6.42 Å². The van der Waals surface area contributed by atoms with E-state index in [4.69, 9.17) is 4.74 Å². The van der Waals surface area contributed by atoms with E-state index in [2.05, 4.69) is 17.2 Å². The van der Waals surface area contributed by atoms with Gasteiger partial charge in [-0.25, -0.2) is 4.79 Å². The number of aliphatic carboxylic acids is 1. The molecule has 250 valence electrons. The van der Waals surface area contributed by atoms with Gasteiger partial charge in [-0.2, -0.15) is 0 Å². The van der Waals surface area contributed by atoms with Crippen molar-refractivity contribution in [1.82, 2.24) is 10.3 Å². The number of Topliss-reactive ketones (excluding diaryl/α,β-unsaturated/α-hetero) is 2. The summed E-state index contributed by atoms with van der Waals surface area (Å²) >= 11 is 0. The number of fused-ring (bicyclic) bond motifs is 6. The number of benzene rings is 1. The molecule has 4 aliphatic rings. The van der Waals surface area contributed by atoms with Crippen molar-refractivity contribution < 1.29 is 43.7 Å². The third-order valence-electron chi connectivity index (χ3n) is 11.9. The Bertz CT molecular complexity index is 1690. The van der Waals surface area contributed by atoms with Crippen LogP contribution in [-0.4, -0.2) is 68.6 Å². The van der Waals surface area contributed by atoms with Crippen LogP contribution >= 0.6 is 0 Å². The van der Waals surface area contributed by atoms with Crippen LogP contribution in [0.15, 0.2) is 42.1 Å². The van der Waals surface area contributed by atoms with Gasteiger partial charge in [-0.05, 0) is 67.1 Å². The highest BCUT2D eigenvalue weighted by Crippen LogP contribution is 2.66. The lowest BCUT2D eigenvalue weighted by molar-refractivity contribution is -0.173. The van der Waals surface area contributed by atoms with Crippen LogP contribution in [0.3, 0.4) is 0 Å². The van der Waals surface area contributed by atoms with Crippen LogP contribution in [0.2, 0.25) is 0 Å². The number of carboxylic acid groups (broad SMARTS) is 1. The second-order valence-electron chi connectivity index (χ2n) is 14.4. The maximum Gasteiger partial charge on any atom is 0.326 e. The topological polar surface area (TPSA) is 180 Å². The maximum atomic E-state index is 13.8. The molecule has 7 unspecified atom stereocenters. The zero-order valence-corrected chi connectivity index (χ0v) is 26.8. The highest BCUT2D eigenvalue weighted by molar-refractivity contribution is 5.95. The largest absolute Gasteiger partial charge is 0.480 e. The third-order valence-corrected chi connectivity index (χ3v) is 11.9. The summed E-state index contributed by atoms with van der Waals surface area (Å²) in [7, 11) is 0. The summed E-state index contributed by atoms with van der Waals surface area (Å²) in [5, 5.41) is 24.8.